The van der Waals surface area contributed by atoms with E-state index in [0.717, 1.165) is 9.80 Å². The molecule has 14 heteroatoms. The van der Waals surface area contributed by atoms with Crippen LogP contribution >= 0.6 is 0 Å². The number of ether oxygens (including phenoxy) is 2. The average molecular weight is 506 g/mol. The van der Waals surface area contributed by atoms with Crippen molar-refractivity contribution in [3.05, 3.63) is 0 Å². The lowest BCUT2D eigenvalue weighted by Crippen LogP contribution is -2.93. The standard InChI is InChI=1S/C20H28F6N2O6/c1-13(2,3)11(29)27-7-15(8-27)17(31,19(21,22)23)34-16(18(32,33-15)20(24,25)26)9-28(10-16)12(30)14(4,5)6/h31-32H,7-10H2,1-6H3/t17-,18-/m1/s1. The summed E-state index contributed by atoms with van der Waals surface area (Å²) in [6.45, 7) is 4.24. The van der Waals surface area contributed by atoms with Crippen LogP contribution < -0.4 is 0 Å². The Morgan fingerprint density at radius 1 is 0.647 bits per heavy atom. The van der Waals surface area contributed by atoms with Gasteiger partial charge in [0, 0.05) is 10.8 Å². The van der Waals surface area contributed by atoms with E-state index >= 15 is 0 Å². The number of alkyl halides is 6. The Labute approximate surface area is 191 Å². The van der Waals surface area contributed by atoms with Crippen LogP contribution in [0.4, 0.5) is 26.3 Å². The Hall–Kier alpha value is -1.64. The molecule has 3 aliphatic rings. The molecule has 0 aliphatic carbocycles. The minimum absolute atomic E-state index is 0.701. The number of carbonyl (C=O) groups is 2. The molecule has 0 aromatic heterocycles. The van der Waals surface area contributed by atoms with Crippen molar-refractivity contribution in [1.29, 1.82) is 0 Å². The number of amides is 2. The maximum atomic E-state index is 14.1. The lowest BCUT2D eigenvalue weighted by molar-refractivity contribution is -0.582. The lowest BCUT2D eigenvalue weighted by Gasteiger charge is -2.69. The molecule has 0 unspecified atom stereocenters. The molecule has 2 atom stereocenters. The van der Waals surface area contributed by atoms with Crippen LogP contribution in [0.2, 0.25) is 0 Å². The van der Waals surface area contributed by atoms with Crippen LogP contribution in [0, 0.1) is 10.8 Å². The summed E-state index contributed by atoms with van der Waals surface area (Å²) in [5.41, 5.74) is -8.49. The van der Waals surface area contributed by atoms with Gasteiger partial charge >= 0.3 is 12.4 Å². The molecule has 3 heterocycles. The van der Waals surface area contributed by atoms with Crippen molar-refractivity contribution in [2.75, 3.05) is 26.2 Å². The van der Waals surface area contributed by atoms with Gasteiger partial charge in [-0.1, -0.05) is 41.5 Å². The van der Waals surface area contributed by atoms with Gasteiger partial charge < -0.3 is 29.5 Å². The lowest BCUT2D eigenvalue weighted by atomic mass is 9.74. The third kappa shape index (κ3) is 3.51. The number of carbonyl (C=O) groups excluding carboxylic acids is 2. The van der Waals surface area contributed by atoms with E-state index in [2.05, 4.69) is 0 Å². The predicted octanol–water partition coefficient (Wildman–Crippen LogP) is 1.79. The summed E-state index contributed by atoms with van der Waals surface area (Å²) in [5, 5.41) is 21.3. The molecule has 3 aliphatic heterocycles. The van der Waals surface area contributed by atoms with Crippen molar-refractivity contribution < 1.29 is 55.6 Å². The van der Waals surface area contributed by atoms with Gasteiger partial charge in [-0.2, -0.15) is 26.3 Å². The monoisotopic (exact) mass is 506 g/mol. The van der Waals surface area contributed by atoms with Crippen molar-refractivity contribution in [2.45, 2.75) is 76.7 Å². The highest BCUT2D eigenvalue weighted by atomic mass is 19.4. The van der Waals surface area contributed by atoms with E-state index in [0.29, 0.717) is 0 Å². The number of rotatable bonds is 0. The first-order valence-corrected chi connectivity index (χ1v) is 10.4. The topological polar surface area (TPSA) is 99.5 Å². The molecule has 2 amide bonds. The first kappa shape index (κ1) is 27.0. The van der Waals surface area contributed by atoms with E-state index in [1.165, 1.54) is 41.5 Å². The molecule has 2 spiro atoms. The van der Waals surface area contributed by atoms with Crippen molar-refractivity contribution in [2.24, 2.45) is 10.8 Å². The molecule has 0 aromatic rings. The second-order valence-corrected chi connectivity index (χ2v) is 11.3. The zero-order valence-electron chi connectivity index (χ0n) is 19.5. The van der Waals surface area contributed by atoms with Gasteiger partial charge in [-0.3, -0.25) is 9.59 Å². The van der Waals surface area contributed by atoms with Crippen molar-refractivity contribution in [3.8, 4) is 0 Å². The van der Waals surface area contributed by atoms with E-state index in [1.807, 2.05) is 0 Å². The van der Waals surface area contributed by atoms with Crippen LogP contribution in [0.15, 0.2) is 0 Å². The summed E-state index contributed by atoms with van der Waals surface area (Å²) >= 11 is 0. The second kappa shape index (κ2) is 6.98. The van der Waals surface area contributed by atoms with Crippen LogP contribution in [0.5, 0.6) is 0 Å². The highest BCUT2D eigenvalue weighted by Crippen LogP contribution is 2.61. The maximum Gasteiger partial charge on any atom is 0.446 e. The average Bonchev–Trinajstić information content (AvgIpc) is 2.54. The first-order valence-electron chi connectivity index (χ1n) is 10.4. The SMILES string of the molecule is CC(C)(C)C(=O)N1CC2(C1)O[C@@](O)(C(F)(F)F)C1(CN(C(=O)C(C)(C)C)C1)O[C@@]2(O)C(F)(F)F. The largest absolute Gasteiger partial charge is 0.446 e. The van der Waals surface area contributed by atoms with Gasteiger partial charge in [0.05, 0.1) is 26.2 Å². The first-order chi connectivity index (χ1) is 14.9. The summed E-state index contributed by atoms with van der Waals surface area (Å²) < 4.78 is 94.1. The fourth-order valence-corrected chi connectivity index (χ4v) is 4.46. The molecule has 8 nitrogen and oxygen atoms in total. The maximum absolute atomic E-state index is 14.1. The van der Waals surface area contributed by atoms with Gasteiger partial charge in [0.25, 0.3) is 11.6 Å². The second-order valence-electron chi connectivity index (χ2n) is 11.3. The fraction of sp³-hybridized carbons (Fsp3) is 0.900. The summed E-state index contributed by atoms with van der Waals surface area (Å²) in [5.74, 6) is -10.0. The zero-order valence-corrected chi connectivity index (χ0v) is 19.5. The molecule has 0 radical (unpaired) electrons. The van der Waals surface area contributed by atoms with Gasteiger partial charge in [0.15, 0.2) is 11.2 Å². The fourth-order valence-electron chi connectivity index (χ4n) is 4.46. The van der Waals surface area contributed by atoms with E-state index in [4.69, 9.17) is 9.47 Å². The van der Waals surface area contributed by atoms with Crippen LogP contribution in [0.25, 0.3) is 0 Å². The highest BCUT2D eigenvalue weighted by molar-refractivity contribution is 5.83. The molecular weight excluding hydrogens is 478 g/mol. The van der Waals surface area contributed by atoms with Gasteiger partial charge in [0.2, 0.25) is 11.8 Å². The van der Waals surface area contributed by atoms with Crippen molar-refractivity contribution in [1.82, 2.24) is 9.80 Å². The Kier molecular flexibility index (Phi) is 5.53. The molecule has 34 heavy (non-hydrogen) atoms. The van der Waals surface area contributed by atoms with E-state index in [-0.39, 0.29) is 0 Å². The van der Waals surface area contributed by atoms with Crippen LogP contribution in [-0.4, -0.2) is 93.1 Å². The minimum Gasteiger partial charge on any atom is -0.356 e. The van der Waals surface area contributed by atoms with Gasteiger partial charge in [0.1, 0.15) is 0 Å². The van der Waals surface area contributed by atoms with Crippen molar-refractivity contribution in [3.63, 3.8) is 0 Å². The summed E-state index contributed by atoms with van der Waals surface area (Å²) in [6.07, 6.45) is -11.3. The molecule has 196 valence electrons. The van der Waals surface area contributed by atoms with Crippen LogP contribution in [-0.2, 0) is 19.1 Å². The number of hydrogen-bond acceptors (Lipinski definition) is 6. The molecule has 3 rings (SSSR count). The predicted molar refractivity (Wildman–Crippen MR) is 102 cm³/mol. The third-order valence-electron chi connectivity index (χ3n) is 6.33. The number of hydrogen-bond donors (Lipinski definition) is 2. The number of nitrogens with zero attached hydrogens (tertiary/aromatic N) is 2. The quantitative estimate of drug-likeness (QED) is 0.486. The van der Waals surface area contributed by atoms with Crippen LogP contribution in [0.1, 0.15) is 41.5 Å². The van der Waals surface area contributed by atoms with E-state index in [1.54, 1.807) is 0 Å². The van der Waals surface area contributed by atoms with Crippen molar-refractivity contribution >= 4 is 11.8 Å². The molecule has 0 saturated carbocycles. The molecular formula is C20H28F6N2O6. The summed E-state index contributed by atoms with van der Waals surface area (Å²) in [7, 11) is 0. The normalized spacial score (nSPS) is 31.4. The van der Waals surface area contributed by atoms with E-state index in [9.17, 15) is 46.1 Å². The van der Waals surface area contributed by atoms with Gasteiger partial charge in [-0.05, 0) is 0 Å². The Morgan fingerprint density at radius 3 is 1.06 bits per heavy atom. The van der Waals surface area contributed by atoms with E-state index < -0.39 is 84.0 Å². The van der Waals surface area contributed by atoms with Gasteiger partial charge in [-0.25, -0.2) is 0 Å². The van der Waals surface area contributed by atoms with Crippen LogP contribution in [0.3, 0.4) is 0 Å². The molecule has 3 saturated heterocycles. The smallest absolute Gasteiger partial charge is 0.356 e. The Balaban J connectivity index is 2.04. The third-order valence-corrected chi connectivity index (χ3v) is 6.33. The Bertz CT molecular complexity index is 808. The molecule has 0 aromatic carbocycles. The molecule has 3 fully saturated rings. The number of likely N-dealkylation sites (tertiary alicyclic amines) is 2. The highest BCUT2D eigenvalue weighted by Gasteiger charge is 2.88. The number of halogens is 6. The molecule has 0 bridgehead atoms. The summed E-state index contributed by atoms with van der Waals surface area (Å²) in [4.78, 5) is 26.4. The van der Waals surface area contributed by atoms with Gasteiger partial charge in [-0.15, -0.1) is 0 Å². The Morgan fingerprint density at radius 2 is 0.882 bits per heavy atom. The molecule has 2 N–H and O–H groups in total. The number of aliphatic hydroxyl groups is 2. The minimum atomic E-state index is -5.67. The zero-order chi connectivity index (χ0) is 26.6. The summed E-state index contributed by atoms with van der Waals surface area (Å²) in [6, 6.07) is 0.